The van der Waals surface area contributed by atoms with Crippen molar-refractivity contribution >= 4 is 104 Å². The fourth-order valence-corrected chi connectivity index (χ4v) is 11.3. The molecule has 0 bridgehead atoms. The van der Waals surface area contributed by atoms with Gasteiger partial charge >= 0.3 is 6.03 Å². The highest BCUT2D eigenvalue weighted by atomic mass is 35.5. The lowest BCUT2D eigenvalue weighted by molar-refractivity contribution is -0.137. The second-order valence-electron chi connectivity index (χ2n) is 24.3. The van der Waals surface area contributed by atoms with Crippen LogP contribution in [0, 0.1) is 29.1 Å². The summed E-state index contributed by atoms with van der Waals surface area (Å²) in [5.74, 6) is -11.7. The van der Waals surface area contributed by atoms with Gasteiger partial charge in [0.1, 0.15) is 11.8 Å². The Labute approximate surface area is 554 Å². The number of aliphatic hydroxyl groups excluding tert-OH is 1. The summed E-state index contributed by atoms with van der Waals surface area (Å²) in [5.41, 5.74) is 15.4. The molecule has 0 aliphatic heterocycles. The van der Waals surface area contributed by atoms with Gasteiger partial charge in [0.25, 0.3) is 0 Å². The Kier molecular flexibility index (Phi) is 28.0. The van der Waals surface area contributed by atoms with Gasteiger partial charge in [0.05, 0.1) is 49.2 Å². The average molecular weight is 1330 g/mol. The van der Waals surface area contributed by atoms with Crippen LogP contribution in [0.1, 0.15) is 94.9 Å². The molecule has 0 spiro atoms. The van der Waals surface area contributed by atoms with Gasteiger partial charge in [-0.2, -0.15) is 0 Å². The number of carbonyl (C=O) groups is 11. The zero-order valence-electron chi connectivity index (χ0n) is 53.8. The molecule has 8 amide bonds. The van der Waals surface area contributed by atoms with Gasteiger partial charge in [-0.15, -0.1) is 0 Å². The fourth-order valence-electron chi connectivity index (χ4n) is 11.2. The Morgan fingerprint density at radius 2 is 1.08 bits per heavy atom. The van der Waals surface area contributed by atoms with Gasteiger partial charge in [-0.1, -0.05) is 86.1 Å². The lowest BCUT2D eigenvalue weighted by Crippen LogP contribution is -2.53. The second-order valence-corrected chi connectivity index (χ2v) is 24.7. The molecule has 0 saturated heterocycles. The third kappa shape index (κ3) is 23.2. The summed E-state index contributed by atoms with van der Waals surface area (Å²) in [7, 11) is 1.56. The lowest BCUT2D eigenvalue weighted by atomic mass is 9.88. The van der Waals surface area contributed by atoms with Crippen LogP contribution in [-0.4, -0.2) is 147 Å². The molecule has 6 rings (SSSR count). The Morgan fingerprint density at radius 1 is 0.568 bits per heavy atom. The minimum atomic E-state index is -1.70. The maximum Gasteiger partial charge on any atom is 0.315 e. The number of nitrogens with one attached hydrogen (secondary N) is 11. The first-order valence-corrected chi connectivity index (χ1v) is 31.8. The lowest BCUT2D eigenvalue weighted by Gasteiger charge is -2.26. The molecule has 2 heterocycles. The number of amides is 8. The zero-order chi connectivity index (χ0) is 69.5. The number of phenols is 1. The molecule has 508 valence electrons. The van der Waals surface area contributed by atoms with Crippen molar-refractivity contribution in [2.75, 3.05) is 20.1 Å². The van der Waals surface area contributed by atoms with Crippen molar-refractivity contribution in [2.24, 2.45) is 35.1 Å². The van der Waals surface area contributed by atoms with Crippen molar-refractivity contribution in [1.29, 1.82) is 5.41 Å². The number of H-pyrrole nitrogens is 2. The van der Waals surface area contributed by atoms with E-state index in [-0.39, 0.29) is 69.1 Å². The summed E-state index contributed by atoms with van der Waals surface area (Å²) in [6.07, 6.45) is -0.310. The highest BCUT2D eigenvalue weighted by Crippen LogP contribution is 2.26. The standard InChI is InChI=1S/C68H86ClN13O13/c1-37(2)25-53(58(86)30-42(11-10-24-74-67(72)73-5)64(92)81-57(63(71)91)29-45-35-76-52-15-9-7-13-49(45)52)82-68(95)77-36-61(89)55(27-40-16-20-46(69)21-17-40)80-66(94)50(38(3)83)32-60(88)56(33-62(70)90)79-65(93)43(28-44-34-75-51-14-8-6-12-48(44)51)31-59(87)54(78-39(4)84)26-41-18-22-47(85)23-19-41/h6-9,12-23,34-35,37-38,42-43,50,53-57,75-76,83,85H,10-11,24-33,36H2,1-5H3,(H2,70,90)(H2,71,91)(H,78,84)(H,79,93)(H,80,94)(H,81,92)(H3,72,73,74)(H2,77,82,95)/t38-,42-,43-,50+,53+,54-,55+,56+,57+/m1/s1. The number of aromatic nitrogens is 2. The van der Waals surface area contributed by atoms with Gasteiger partial charge < -0.3 is 74.2 Å². The van der Waals surface area contributed by atoms with Crippen molar-refractivity contribution in [1.82, 2.24) is 52.5 Å². The largest absolute Gasteiger partial charge is 0.508 e. The number of guanidine groups is 1. The molecule has 6 aromatic rings. The number of carbonyl (C=O) groups excluding carboxylic acids is 11. The predicted molar refractivity (Wildman–Crippen MR) is 357 cm³/mol. The van der Waals surface area contributed by atoms with Gasteiger partial charge in [-0.05, 0) is 110 Å². The topological polar surface area (TPSA) is 432 Å². The molecule has 0 unspecified atom stereocenters. The predicted octanol–water partition coefficient (Wildman–Crippen LogP) is 3.51. The molecule has 27 heteroatoms. The van der Waals surface area contributed by atoms with Crippen LogP contribution in [0.15, 0.2) is 109 Å². The highest BCUT2D eigenvalue weighted by molar-refractivity contribution is 6.30. The molecule has 26 nitrogen and oxygen atoms in total. The number of benzene rings is 4. The van der Waals surface area contributed by atoms with Crippen molar-refractivity contribution in [3.8, 4) is 5.75 Å². The summed E-state index contributed by atoms with van der Waals surface area (Å²) in [6.45, 7) is 5.60. The first-order chi connectivity index (χ1) is 45.2. The van der Waals surface area contributed by atoms with Gasteiger partial charge in [0.15, 0.2) is 29.1 Å². The van der Waals surface area contributed by atoms with E-state index in [1.807, 2.05) is 50.2 Å². The van der Waals surface area contributed by atoms with Crippen LogP contribution in [0.5, 0.6) is 5.75 Å². The fraction of sp³-hybridized carbons (Fsp3) is 0.412. The minimum absolute atomic E-state index is 0.0000277. The van der Waals surface area contributed by atoms with Crippen molar-refractivity contribution in [3.63, 3.8) is 0 Å². The van der Waals surface area contributed by atoms with E-state index < -0.39 is 144 Å². The van der Waals surface area contributed by atoms with Crippen molar-refractivity contribution in [2.45, 2.75) is 135 Å². The molecule has 4 aromatic carbocycles. The summed E-state index contributed by atoms with van der Waals surface area (Å²) < 4.78 is 0. The number of hydrogen-bond acceptors (Lipinski definition) is 14. The average Bonchev–Trinajstić information content (AvgIpc) is 1.79. The maximum absolute atomic E-state index is 14.6. The van der Waals surface area contributed by atoms with E-state index in [4.69, 9.17) is 28.5 Å². The van der Waals surface area contributed by atoms with Crippen LogP contribution in [0.2, 0.25) is 5.02 Å². The molecular formula is C68H86ClN13O13. The summed E-state index contributed by atoms with van der Waals surface area (Å²) >= 11 is 6.18. The molecule has 17 N–H and O–H groups in total. The Balaban J connectivity index is 1.17. The smallest absolute Gasteiger partial charge is 0.315 e. The molecule has 9 atom stereocenters. The van der Waals surface area contributed by atoms with E-state index in [1.54, 1.807) is 68.0 Å². The first-order valence-electron chi connectivity index (χ1n) is 31.4. The quantitative estimate of drug-likeness (QED) is 0.0150. The second kappa shape index (κ2) is 35.9. The van der Waals surface area contributed by atoms with Crippen molar-refractivity contribution < 1.29 is 63.0 Å². The first kappa shape index (κ1) is 74.1. The number of ketones is 4. The molecule has 0 aliphatic carbocycles. The van der Waals surface area contributed by atoms with Crippen LogP contribution in [0.25, 0.3) is 21.8 Å². The van der Waals surface area contributed by atoms with Crippen LogP contribution in [0.3, 0.4) is 0 Å². The molecule has 0 saturated carbocycles. The van der Waals surface area contributed by atoms with Gasteiger partial charge in [0.2, 0.25) is 35.4 Å². The summed E-state index contributed by atoms with van der Waals surface area (Å²) in [6, 6.07) is 19.3. The van der Waals surface area contributed by atoms with E-state index in [1.165, 1.54) is 26.0 Å². The van der Waals surface area contributed by atoms with Crippen LogP contribution in [-0.2, 0) is 73.6 Å². The Hall–Kier alpha value is -9.95. The number of Topliss-reactive ketones (excluding diaryl/α,β-unsaturated/α-hetero) is 4. The van der Waals surface area contributed by atoms with Gasteiger partial charge in [-0.3, -0.25) is 53.4 Å². The monoisotopic (exact) mass is 1330 g/mol. The van der Waals surface area contributed by atoms with E-state index in [0.717, 1.165) is 27.4 Å². The molecule has 2 aromatic heterocycles. The number of hydrogen-bond donors (Lipinski definition) is 15. The number of rotatable bonds is 38. The maximum atomic E-state index is 14.6. The van der Waals surface area contributed by atoms with Crippen molar-refractivity contribution in [3.05, 3.63) is 137 Å². The van der Waals surface area contributed by atoms with Gasteiger partial charge in [0, 0.05) is 97.3 Å². The summed E-state index contributed by atoms with van der Waals surface area (Å²) in [5, 5.41) is 52.1. The van der Waals surface area contributed by atoms with Gasteiger partial charge in [-0.25, -0.2) is 4.79 Å². The third-order valence-electron chi connectivity index (χ3n) is 16.3. The normalized spacial score (nSPS) is 14.1. The third-order valence-corrected chi connectivity index (χ3v) is 16.5. The minimum Gasteiger partial charge on any atom is -0.508 e. The SMILES string of the molecule is CNC(=N)NCCC[C@H](CC(=O)[C@H](CC(C)C)NC(=O)NCC(=O)[C@H](Cc1ccc(Cl)cc1)NC(=O)[C@@H](CC(=O)[C@H](CC(N)=O)NC(=O)[C@@H](CC(=O)[C@@H](Cc1ccc(O)cc1)NC(C)=O)Cc1c[nH]c2ccccc12)[C@@H](C)O)C(=O)N[C@@H](Cc1c[nH]c2ccccc12)C(N)=O. The number of nitrogens with two attached hydrogens (primary N) is 2. The number of aromatic amines is 2. The van der Waals surface area contributed by atoms with Crippen LogP contribution >= 0.6 is 11.6 Å². The number of aliphatic hydroxyl groups is 1. The van der Waals surface area contributed by atoms with Crippen LogP contribution in [0.4, 0.5) is 4.79 Å². The summed E-state index contributed by atoms with van der Waals surface area (Å²) in [4.78, 5) is 158. The molecule has 0 radical (unpaired) electrons. The number of fused-ring (bicyclic) bond motifs is 2. The molecular weight excluding hydrogens is 1240 g/mol. The number of urea groups is 1. The zero-order valence-corrected chi connectivity index (χ0v) is 54.5. The van der Waals surface area contributed by atoms with E-state index in [0.29, 0.717) is 28.1 Å². The van der Waals surface area contributed by atoms with Crippen LogP contribution < -0.4 is 54.0 Å². The Bertz CT molecular complexity index is 3700. The van der Waals surface area contributed by atoms with E-state index in [2.05, 4.69) is 52.5 Å². The number of para-hydroxylation sites is 2. The van der Waals surface area contributed by atoms with E-state index >= 15 is 0 Å². The highest BCUT2D eigenvalue weighted by Gasteiger charge is 2.37. The Morgan fingerprint density at radius 3 is 1.64 bits per heavy atom. The number of halogens is 1. The van der Waals surface area contributed by atoms with E-state index in [9.17, 15) is 63.0 Å². The number of aromatic hydroxyl groups is 1. The number of phenolic OH excluding ortho intramolecular Hbond substituents is 1. The number of primary amides is 2. The molecule has 95 heavy (non-hydrogen) atoms. The molecule has 0 aliphatic rings. The molecule has 0 fully saturated rings.